The van der Waals surface area contributed by atoms with Gasteiger partial charge in [0.05, 0.1) is 12.0 Å². The van der Waals surface area contributed by atoms with Gasteiger partial charge in [0, 0.05) is 36.4 Å². The third-order valence-electron chi connectivity index (χ3n) is 5.47. The van der Waals surface area contributed by atoms with Crippen molar-refractivity contribution in [1.29, 1.82) is 0 Å². The summed E-state index contributed by atoms with van der Waals surface area (Å²) in [5.41, 5.74) is 1.97. The van der Waals surface area contributed by atoms with Gasteiger partial charge in [-0.1, -0.05) is 6.42 Å². The number of benzene rings is 1. The smallest absolute Gasteiger partial charge is 0.311 e. The number of rotatable bonds is 4. The maximum atomic E-state index is 11.1. The first kappa shape index (κ1) is 17.0. The van der Waals surface area contributed by atoms with Crippen molar-refractivity contribution in [3.8, 4) is 5.75 Å². The van der Waals surface area contributed by atoms with Gasteiger partial charge in [-0.3, -0.25) is 10.1 Å². The van der Waals surface area contributed by atoms with Crippen molar-refractivity contribution in [2.24, 2.45) is 0 Å². The molecule has 0 unspecified atom stereocenters. The lowest BCUT2D eigenvalue weighted by Crippen LogP contribution is -2.46. The van der Waals surface area contributed by atoms with Gasteiger partial charge in [-0.05, 0) is 51.8 Å². The van der Waals surface area contributed by atoms with Crippen LogP contribution in [0.5, 0.6) is 5.75 Å². The summed E-state index contributed by atoms with van der Waals surface area (Å²) in [6.07, 6.45) is 6.37. The normalized spacial score (nSPS) is 20.2. The molecule has 6 nitrogen and oxygen atoms in total. The zero-order valence-corrected chi connectivity index (χ0v) is 14.7. The van der Waals surface area contributed by atoms with E-state index in [1.807, 2.05) is 13.0 Å². The number of nitro groups is 1. The van der Waals surface area contributed by atoms with Crippen LogP contribution in [0.4, 0.5) is 11.4 Å². The molecule has 0 atom stereocenters. The number of ether oxygens (including phenoxy) is 1. The standard InChI is InChI=1S/C18H27N3O3/c1-14-16(6-7-17(21(22)23)18(14)24-2)20-12-8-15(9-13-20)19-10-4-3-5-11-19/h6-7,15H,3-5,8-13H2,1-2H3. The monoisotopic (exact) mass is 333 g/mol. The van der Waals surface area contributed by atoms with Crippen molar-refractivity contribution in [2.45, 2.75) is 45.1 Å². The van der Waals surface area contributed by atoms with Crippen molar-refractivity contribution in [1.82, 2.24) is 4.90 Å². The lowest BCUT2D eigenvalue weighted by molar-refractivity contribution is -0.385. The van der Waals surface area contributed by atoms with Crippen LogP contribution in [0.25, 0.3) is 0 Å². The molecule has 0 aliphatic carbocycles. The molecule has 2 saturated heterocycles. The van der Waals surface area contributed by atoms with Crippen LogP contribution in [0.1, 0.15) is 37.7 Å². The van der Waals surface area contributed by atoms with Crippen LogP contribution < -0.4 is 9.64 Å². The average Bonchev–Trinajstić information content (AvgIpc) is 2.62. The van der Waals surface area contributed by atoms with Gasteiger partial charge in [-0.15, -0.1) is 0 Å². The van der Waals surface area contributed by atoms with Crippen LogP contribution in [-0.2, 0) is 0 Å². The van der Waals surface area contributed by atoms with Crippen molar-refractivity contribution in [2.75, 3.05) is 38.2 Å². The van der Waals surface area contributed by atoms with Crippen molar-refractivity contribution in [3.63, 3.8) is 0 Å². The Kier molecular flexibility index (Phi) is 5.23. The molecule has 0 spiro atoms. The number of hydrogen-bond donors (Lipinski definition) is 0. The van der Waals surface area contributed by atoms with Gasteiger partial charge in [-0.25, -0.2) is 0 Å². The average molecular weight is 333 g/mol. The van der Waals surface area contributed by atoms with E-state index in [1.165, 1.54) is 52.3 Å². The van der Waals surface area contributed by atoms with E-state index >= 15 is 0 Å². The van der Waals surface area contributed by atoms with Crippen molar-refractivity contribution in [3.05, 3.63) is 27.8 Å². The number of nitrogens with zero attached hydrogens (tertiary/aromatic N) is 3. The van der Waals surface area contributed by atoms with Crippen molar-refractivity contribution < 1.29 is 9.66 Å². The van der Waals surface area contributed by atoms with Crippen LogP contribution in [0, 0.1) is 17.0 Å². The highest BCUT2D eigenvalue weighted by Gasteiger charge is 2.28. The SMILES string of the molecule is COc1c([N+](=O)[O-])ccc(N2CCC(N3CCCCC3)CC2)c1C. The topological polar surface area (TPSA) is 58.9 Å². The second-order valence-corrected chi connectivity index (χ2v) is 6.83. The molecule has 0 N–H and O–H groups in total. The summed E-state index contributed by atoms with van der Waals surface area (Å²) in [5.74, 6) is 0.385. The Morgan fingerprint density at radius 3 is 2.38 bits per heavy atom. The molecule has 0 bridgehead atoms. The van der Waals surface area contributed by atoms with Gasteiger partial charge in [-0.2, -0.15) is 0 Å². The summed E-state index contributed by atoms with van der Waals surface area (Å²) < 4.78 is 5.31. The third-order valence-corrected chi connectivity index (χ3v) is 5.47. The van der Waals surface area contributed by atoms with E-state index in [0.717, 1.165) is 24.3 Å². The van der Waals surface area contributed by atoms with Crippen LogP contribution in [0.15, 0.2) is 12.1 Å². The molecule has 2 aliphatic heterocycles. The highest BCUT2D eigenvalue weighted by Crippen LogP contribution is 2.38. The lowest BCUT2D eigenvalue weighted by Gasteiger charge is -2.41. The molecule has 2 heterocycles. The number of anilines is 1. The first-order valence-electron chi connectivity index (χ1n) is 8.93. The van der Waals surface area contributed by atoms with E-state index in [1.54, 1.807) is 6.07 Å². The minimum Gasteiger partial charge on any atom is -0.490 e. The van der Waals surface area contributed by atoms with Gasteiger partial charge < -0.3 is 14.5 Å². The van der Waals surface area contributed by atoms with Gasteiger partial charge in [0.25, 0.3) is 0 Å². The Hall–Kier alpha value is -1.82. The van der Waals surface area contributed by atoms with E-state index in [9.17, 15) is 10.1 Å². The predicted molar refractivity (Wildman–Crippen MR) is 95.0 cm³/mol. The summed E-state index contributed by atoms with van der Waals surface area (Å²) in [6, 6.07) is 4.14. The molecular formula is C18H27N3O3. The van der Waals surface area contributed by atoms with E-state index in [-0.39, 0.29) is 10.6 Å². The first-order valence-corrected chi connectivity index (χ1v) is 8.93. The summed E-state index contributed by atoms with van der Waals surface area (Å²) in [5, 5.41) is 11.1. The Morgan fingerprint density at radius 2 is 1.79 bits per heavy atom. The summed E-state index contributed by atoms with van der Waals surface area (Å²) in [4.78, 5) is 15.8. The minimum atomic E-state index is -0.377. The molecule has 0 saturated carbocycles. The number of piperidine rings is 2. The van der Waals surface area contributed by atoms with Crippen LogP contribution in [0.2, 0.25) is 0 Å². The fraction of sp³-hybridized carbons (Fsp3) is 0.667. The molecule has 0 radical (unpaired) electrons. The Morgan fingerprint density at radius 1 is 1.12 bits per heavy atom. The maximum Gasteiger partial charge on any atom is 0.311 e. The molecular weight excluding hydrogens is 306 g/mol. The molecule has 3 rings (SSSR count). The molecule has 1 aromatic rings. The summed E-state index contributed by atoms with van der Waals surface area (Å²) in [6.45, 7) is 6.41. The second kappa shape index (κ2) is 7.38. The third kappa shape index (κ3) is 3.34. The number of likely N-dealkylation sites (tertiary alicyclic amines) is 1. The quantitative estimate of drug-likeness (QED) is 0.624. The predicted octanol–water partition coefficient (Wildman–Crippen LogP) is 3.37. The molecule has 132 valence electrons. The summed E-state index contributed by atoms with van der Waals surface area (Å²) in [7, 11) is 1.50. The van der Waals surface area contributed by atoms with Crippen LogP contribution in [-0.4, -0.2) is 49.2 Å². The minimum absolute atomic E-state index is 0.0435. The van der Waals surface area contributed by atoms with Gasteiger partial charge in [0.2, 0.25) is 5.75 Å². The zero-order chi connectivity index (χ0) is 17.1. The Balaban J connectivity index is 1.71. The van der Waals surface area contributed by atoms with E-state index in [2.05, 4.69) is 9.80 Å². The molecule has 1 aromatic carbocycles. The van der Waals surface area contributed by atoms with E-state index in [4.69, 9.17) is 4.74 Å². The van der Waals surface area contributed by atoms with Crippen molar-refractivity contribution >= 4 is 11.4 Å². The zero-order valence-electron chi connectivity index (χ0n) is 14.7. The largest absolute Gasteiger partial charge is 0.490 e. The number of hydrogen-bond acceptors (Lipinski definition) is 5. The highest BCUT2D eigenvalue weighted by atomic mass is 16.6. The molecule has 0 amide bonds. The van der Waals surface area contributed by atoms with E-state index < -0.39 is 0 Å². The lowest BCUT2D eigenvalue weighted by atomic mass is 9.98. The first-order chi connectivity index (χ1) is 11.6. The molecule has 0 aromatic heterocycles. The fourth-order valence-electron chi connectivity index (χ4n) is 4.17. The fourth-order valence-corrected chi connectivity index (χ4v) is 4.17. The Labute approximate surface area is 143 Å². The molecule has 24 heavy (non-hydrogen) atoms. The Bertz CT molecular complexity index is 591. The molecule has 6 heteroatoms. The summed E-state index contributed by atoms with van der Waals surface area (Å²) >= 11 is 0. The molecule has 2 aliphatic rings. The highest BCUT2D eigenvalue weighted by molar-refractivity contribution is 5.66. The molecule has 2 fully saturated rings. The second-order valence-electron chi connectivity index (χ2n) is 6.83. The van der Waals surface area contributed by atoms with Gasteiger partial charge in [0.15, 0.2) is 0 Å². The van der Waals surface area contributed by atoms with Crippen LogP contribution in [0.3, 0.4) is 0 Å². The number of methoxy groups -OCH3 is 1. The van der Waals surface area contributed by atoms with Crippen LogP contribution >= 0.6 is 0 Å². The maximum absolute atomic E-state index is 11.1. The number of nitro benzene ring substituents is 1. The van der Waals surface area contributed by atoms with Gasteiger partial charge >= 0.3 is 5.69 Å². The van der Waals surface area contributed by atoms with E-state index in [0.29, 0.717) is 11.8 Å². The van der Waals surface area contributed by atoms with Gasteiger partial charge in [0.1, 0.15) is 0 Å².